The highest BCUT2D eigenvalue weighted by Crippen LogP contribution is 2.31. The third-order valence-electron chi connectivity index (χ3n) is 3.85. The Labute approximate surface area is 125 Å². The number of fused-ring (bicyclic) bond motifs is 1. The average molecular weight is 311 g/mol. The van der Waals surface area contributed by atoms with Crippen molar-refractivity contribution in [3.05, 3.63) is 53.6 Å². The molecule has 118 valence electrons. The first-order valence-electron chi connectivity index (χ1n) is 7.01. The van der Waals surface area contributed by atoms with Gasteiger partial charge in [-0.05, 0) is 17.7 Å². The molecule has 1 aliphatic rings. The number of nitrogens with zero attached hydrogens (tertiary/aromatic N) is 3. The first-order valence-corrected chi connectivity index (χ1v) is 7.01. The van der Waals surface area contributed by atoms with Crippen molar-refractivity contribution in [3.8, 4) is 0 Å². The van der Waals surface area contributed by atoms with Crippen LogP contribution < -0.4 is 0 Å². The van der Waals surface area contributed by atoms with Gasteiger partial charge in [0.05, 0.1) is 18.2 Å². The molecule has 2 aromatic rings. The normalized spacial score (nSPS) is 17.3. The van der Waals surface area contributed by atoms with E-state index in [0.717, 1.165) is 31.0 Å². The number of aliphatic hydroxyl groups excluding tert-OH is 1. The maximum absolute atomic E-state index is 12.7. The first kappa shape index (κ1) is 15.1. The summed E-state index contributed by atoms with van der Waals surface area (Å²) in [6.45, 7) is 2.38. The number of rotatable bonds is 3. The van der Waals surface area contributed by atoms with Crippen LogP contribution >= 0.6 is 0 Å². The van der Waals surface area contributed by atoms with E-state index in [0.29, 0.717) is 6.54 Å². The van der Waals surface area contributed by atoms with Crippen molar-refractivity contribution in [2.24, 2.45) is 0 Å². The fourth-order valence-electron chi connectivity index (χ4n) is 2.65. The molecule has 2 heterocycles. The number of alkyl halides is 3. The van der Waals surface area contributed by atoms with Crippen LogP contribution in [0.4, 0.5) is 13.2 Å². The van der Waals surface area contributed by atoms with Crippen LogP contribution in [0.3, 0.4) is 0 Å². The van der Waals surface area contributed by atoms with E-state index >= 15 is 0 Å². The van der Waals surface area contributed by atoms with Crippen molar-refractivity contribution in [2.75, 3.05) is 13.1 Å². The summed E-state index contributed by atoms with van der Waals surface area (Å²) in [6, 6.07) is 4.86. The number of halogens is 3. The van der Waals surface area contributed by atoms with Gasteiger partial charge in [0, 0.05) is 32.0 Å². The molecule has 0 aliphatic carbocycles. The standard InChI is InChI=1S/C15H16F3N3O/c16-15(17,18)12-3-1-2-11(8-12)13(22)9-20-6-7-21-5-4-19-14(21)10-20/h1-5,8,13,22H,6-7,9-10H2/t13-/m1/s1. The molecule has 1 atom stereocenters. The van der Waals surface area contributed by atoms with Crippen molar-refractivity contribution in [3.63, 3.8) is 0 Å². The Hall–Kier alpha value is -1.86. The highest BCUT2D eigenvalue weighted by molar-refractivity contribution is 5.27. The lowest BCUT2D eigenvalue weighted by molar-refractivity contribution is -0.137. The van der Waals surface area contributed by atoms with Gasteiger partial charge in [0.15, 0.2) is 0 Å². The molecule has 22 heavy (non-hydrogen) atoms. The fraction of sp³-hybridized carbons (Fsp3) is 0.400. The number of imidazole rings is 1. The van der Waals surface area contributed by atoms with Crippen molar-refractivity contribution in [2.45, 2.75) is 25.4 Å². The Balaban J connectivity index is 1.69. The Morgan fingerprint density at radius 2 is 2.09 bits per heavy atom. The van der Waals surface area contributed by atoms with Gasteiger partial charge in [0.25, 0.3) is 0 Å². The van der Waals surface area contributed by atoms with E-state index < -0.39 is 17.8 Å². The fourth-order valence-corrected chi connectivity index (χ4v) is 2.65. The van der Waals surface area contributed by atoms with Gasteiger partial charge in [0.2, 0.25) is 0 Å². The van der Waals surface area contributed by atoms with Crippen LogP contribution in [-0.2, 0) is 19.3 Å². The summed E-state index contributed by atoms with van der Waals surface area (Å²) in [7, 11) is 0. The third kappa shape index (κ3) is 3.15. The van der Waals surface area contributed by atoms with Gasteiger partial charge in [-0.15, -0.1) is 0 Å². The molecule has 0 amide bonds. The molecule has 4 nitrogen and oxygen atoms in total. The lowest BCUT2D eigenvalue weighted by atomic mass is 10.0. The molecule has 0 saturated carbocycles. The van der Waals surface area contributed by atoms with Gasteiger partial charge in [-0.2, -0.15) is 13.2 Å². The summed E-state index contributed by atoms with van der Waals surface area (Å²) in [4.78, 5) is 6.22. The van der Waals surface area contributed by atoms with Crippen LogP contribution in [0.5, 0.6) is 0 Å². The second-order valence-electron chi connectivity index (χ2n) is 5.41. The minimum absolute atomic E-state index is 0.281. The van der Waals surface area contributed by atoms with Gasteiger partial charge >= 0.3 is 6.18 Å². The predicted octanol–water partition coefficient (Wildman–Crippen LogP) is 2.45. The monoisotopic (exact) mass is 311 g/mol. The highest BCUT2D eigenvalue weighted by Gasteiger charge is 2.31. The maximum atomic E-state index is 12.7. The number of hydrogen-bond donors (Lipinski definition) is 1. The molecule has 0 radical (unpaired) electrons. The third-order valence-corrected chi connectivity index (χ3v) is 3.85. The molecule has 1 aromatic heterocycles. The van der Waals surface area contributed by atoms with Gasteiger partial charge in [-0.1, -0.05) is 12.1 Å². The zero-order chi connectivity index (χ0) is 15.7. The largest absolute Gasteiger partial charge is 0.416 e. The van der Waals surface area contributed by atoms with Crippen LogP contribution in [0, 0.1) is 0 Å². The SMILES string of the molecule is O[C@H](CN1CCn2ccnc2C1)c1cccc(C(F)(F)F)c1. The molecule has 1 aromatic carbocycles. The number of benzene rings is 1. The molecular weight excluding hydrogens is 295 g/mol. The lowest BCUT2D eigenvalue weighted by Crippen LogP contribution is -2.36. The topological polar surface area (TPSA) is 41.3 Å². The highest BCUT2D eigenvalue weighted by atomic mass is 19.4. The molecule has 7 heteroatoms. The van der Waals surface area contributed by atoms with Gasteiger partial charge in [0.1, 0.15) is 5.82 Å². The quantitative estimate of drug-likeness (QED) is 0.947. The van der Waals surface area contributed by atoms with E-state index in [1.165, 1.54) is 12.1 Å². The van der Waals surface area contributed by atoms with Gasteiger partial charge in [-0.3, -0.25) is 4.90 Å². The smallest absolute Gasteiger partial charge is 0.387 e. The van der Waals surface area contributed by atoms with E-state index in [-0.39, 0.29) is 12.1 Å². The van der Waals surface area contributed by atoms with Crippen LogP contribution in [0.2, 0.25) is 0 Å². The number of aliphatic hydroxyl groups is 1. The minimum atomic E-state index is -4.40. The summed E-state index contributed by atoms with van der Waals surface area (Å²) < 4.78 is 40.2. The Morgan fingerprint density at radius 1 is 1.27 bits per heavy atom. The number of aromatic nitrogens is 2. The number of hydrogen-bond acceptors (Lipinski definition) is 3. The maximum Gasteiger partial charge on any atom is 0.416 e. The minimum Gasteiger partial charge on any atom is -0.387 e. The van der Waals surface area contributed by atoms with E-state index in [2.05, 4.69) is 4.98 Å². The molecule has 1 N–H and O–H groups in total. The Bertz CT molecular complexity index is 653. The average Bonchev–Trinajstić information content (AvgIpc) is 2.94. The van der Waals surface area contributed by atoms with E-state index in [9.17, 15) is 18.3 Å². The first-order chi connectivity index (χ1) is 10.4. The molecule has 1 aliphatic heterocycles. The van der Waals surface area contributed by atoms with Crippen molar-refractivity contribution >= 4 is 0 Å². The van der Waals surface area contributed by atoms with Crippen molar-refractivity contribution < 1.29 is 18.3 Å². The molecule has 0 saturated heterocycles. The second kappa shape index (κ2) is 5.73. The summed E-state index contributed by atoms with van der Waals surface area (Å²) in [6.07, 6.45) is -1.73. The molecule has 0 spiro atoms. The van der Waals surface area contributed by atoms with Crippen molar-refractivity contribution in [1.29, 1.82) is 0 Å². The zero-order valence-electron chi connectivity index (χ0n) is 11.8. The van der Waals surface area contributed by atoms with Crippen LogP contribution in [0.25, 0.3) is 0 Å². The second-order valence-corrected chi connectivity index (χ2v) is 5.41. The molecule has 0 bridgehead atoms. The Kier molecular flexibility index (Phi) is 3.92. The summed E-state index contributed by atoms with van der Waals surface area (Å²) in [5.41, 5.74) is -0.457. The molecule has 0 fully saturated rings. The van der Waals surface area contributed by atoms with E-state index in [1.54, 1.807) is 6.20 Å². The lowest BCUT2D eigenvalue weighted by Gasteiger charge is -2.29. The molecular formula is C15H16F3N3O. The van der Waals surface area contributed by atoms with Gasteiger partial charge < -0.3 is 9.67 Å². The summed E-state index contributed by atoms with van der Waals surface area (Å²) >= 11 is 0. The van der Waals surface area contributed by atoms with E-state index in [4.69, 9.17) is 0 Å². The van der Waals surface area contributed by atoms with Crippen LogP contribution in [0.15, 0.2) is 36.7 Å². The van der Waals surface area contributed by atoms with Crippen LogP contribution in [0.1, 0.15) is 23.1 Å². The zero-order valence-corrected chi connectivity index (χ0v) is 11.8. The summed E-state index contributed by atoms with van der Waals surface area (Å²) in [5.74, 6) is 0.905. The molecule has 3 rings (SSSR count). The predicted molar refractivity (Wildman–Crippen MR) is 73.9 cm³/mol. The molecule has 0 unspecified atom stereocenters. The number of β-amino-alcohol motifs (C(OH)–C–C–N with tert-alkyl or cyclic N) is 1. The summed E-state index contributed by atoms with van der Waals surface area (Å²) in [5, 5.41) is 10.2. The van der Waals surface area contributed by atoms with E-state index in [1.807, 2.05) is 15.7 Å². The Morgan fingerprint density at radius 3 is 2.86 bits per heavy atom. The van der Waals surface area contributed by atoms with Crippen LogP contribution in [-0.4, -0.2) is 32.6 Å². The van der Waals surface area contributed by atoms with Gasteiger partial charge in [-0.25, -0.2) is 4.98 Å². The van der Waals surface area contributed by atoms with Crippen molar-refractivity contribution in [1.82, 2.24) is 14.5 Å².